The molecule has 0 bridgehead atoms. The molecule has 3 heterocycles. The largest absolute Gasteiger partial charge is 0.504 e. The van der Waals surface area contributed by atoms with Gasteiger partial charge in [0.2, 0.25) is 11.8 Å². The van der Waals surface area contributed by atoms with Crippen LogP contribution in [0.5, 0.6) is 23.1 Å². The number of aromatic nitrogens is 2. The predicted octanol–water partition coefficient (Wildman–Crippen LogP) is 5.09. The van der Waals surface area contributed by atoms with Crippen molar-refractivity contribution in [3.05, 3.63) is 64.8 Å². The molecule has 7 nitrogen and oxygen atoms in total. The first-order valence-corrected chi connectivity index (χ1v) is 12.5. The van der Waals surface area contributed by atoms with Crippen LogP contribution in [0.25, 0.3) is 0 Å². The van der Waals surface area contributed by atoms with Gasteiger partial charge < -0.3 is 19.5 Å². The van der Waals surface area contributed by atoms with E-state index in [1.165, 1.54) is 12.8 Å². The van der Waals surface area contributed by atoms with Crippen LogP contribution in [0.15, 0.2) is 42.5 Å². The Hall–Kier alpha value is -3.32. The lowest BCUT2D eigenvalue weighted by Crippen LogP contribution is -2.36. The molecule has 1 saturated heterocycles. The number of anilines is 1. The summed E-state index contributed by atoms with van der Waals surface area (Å²) < 4.78 is 11.7. The molecule has 0 unspecified atom stereocenters. The third kappa shape index (κ3) is 5.35. The Bertz CT molecular complexity index is 1190. The minimum absolute atomic E-state index is 0.155. The summed E-state index contributed by atoms with van der Waals surface area (Å²) in [4.78, 5) is 14.6. The van der Waals surface area contributed by atoms with E-state index in [0.717, 1.165) is 72.6 Å². The number of piperidine rings is 1. The molecule has 35 heavy (non-hydrogen) atoms. The molecule has 1 aromatic heterocycles. The molecule has 7 heteroatoms. The Labute approximate surface area is 207 Å². The SMILES string of the molecule is COc1cc(CN2CCc3nc(N4CCC(C)CC4)nc(Oc4cccc(C)c4)c3C2)ccc1O. The van der Waals surface area contributed by atoms with Crippen molar-refractivity contribution >= 4 is 5.95 Å². The number of benzene rings is 2. The summed E-state index contributed by atoms with van der Waals surface area (Å²) in [6.07, 6.45) is 3.17. The molecule has 5 rings (SSSR count). The zero-order valence-electron chi connectivity index (χ0n) is 20.8. The first kappa shape index (κ1) is 23.4. The van der Waals surface area contributed by atoms with E-state index in [1.54, 1.807) is 13.2 Å². The Morgan fingerprint density at radius 1 is 1.06 bits per heavy atom. The van der Waals surface area contributed by atoms with Gasteiger partial charge in [0.1, 0.15) is 5.75 Å². The fourth-order valence-corrected chi connectivity index (χ4v) is 4.87. The summed E-state index contributed by atoms with van der Waals surface area (Å²) in [5, 5.41) is 9.94. The molecule has 2 aliphatic heterocycles. The summed E-state index contributed by atoms with van der Waals surface area (Å²) in [6.45, 7) is 8.69. The quantitative estimate of drug-likeness (QED) is 0.534. The lowest BCUT2D eigenvalue weighted by Gasteiger charge is -2.33. The summed E-state index contributed by atoms with van der Waals surface area (Å²) in [6, 6.07) is 13.6. The Morgan fingerprint density at radius 2 is 1.89 bits per heavy atom. The number of methoxy groups -OCH3 is 1. The number of nitrogens with zero attached hydrogens (tertiary/aromatic N) is 4. The predicted molar refractivity (Wildman–Crippen MR) is 136 cm³/mol. The molecular weight excluding hydrogens is 440 g/mol. The van der Waals surface area contributed by atoms with Gasteiger partial charge in [0, 0.05) is 39.1 Å². The Balaban J connectivity index is 1.43. The molecule has 0 saturated carbocycles. The highest BCUT2D eigenvalue weighted by molar-refractivity contribution is 5.45. The number of aryl methyl sites for hydroxylation is 1. The Kier molecular flexibility index (Phi) is 6.77. The molecule has 1 fully saturated rings. The van der Waals surface area contributed by atoms with Crippen LogP contribution in [-0.2, 0) is 19.5 Å². The van der Waals surface area contributed by atoms with Crippen molar-refractivity contribution < 1.29 is 14.6 Å². The van der Waals surface area contributed by atoms with E-state index in [0.29, 0.717) is 18.2 Å². The normalized spacial score (nSPS) is 16.7. The zero-order chi connectivity index (χ0) is 24.4. The average Bonchev–Trinajstić information content (AvgIpc) is 2.86. The fraction of sp³-hybridized carbons (Fsp3) is 0.429. The highest BCUT2D eigenvalue weighted by atomic mass is 16.5. The van der Waals surface area contributed by atoms with E-state index in [4.69, 9.17) is 19.4 Å². The fourth-order valence-electron chi connectivity index (χ4n) is 4.87. The van der Waals surface area contributed by atoms with Gasteiger partial charge >= 0.3 is 0 Å². The van der Waals surface area contributed by atoms with Crippen molar-refractivity contribution in [2.45, 2.75) is 46.2 Å². The smallest absolute Gasteiger partial charge is 0.228 e. The molecule has 3 aromatic rings. The first-order chi connectivity index (χ1) is 17.0. The molecule has 2 aliphatic rings. The molecule has 0 aliphatic carbocycles. The topological polar surface area (TPSA) is 71.0 Å². The first-order valence-electron chi connectivity index (χ1n) is 12.5. The van der Waals surface area contributed by atoms with Crippen LogP contribution in [0.4, 0.5) is 5.95 Å². The third-order valence-electron chi connectivity index (χ3n) is 7.01. The number of phenols is 1. The minimum Gasteiger partial charge on any atom is -0.504 e. The standard InChI is InChI=1S/C28H34N4O3/c1-19-9-13-32(14-10-19)28-29-24-11-12-31(17-21-7-8-25(33)26(16-21)34-3)18-23(24)27(30-28)35-22-6-4-5-20(2)15-22/h4-8,15-16,19,33H,9-14,17-18H2,1-3H3. The lowest BCUT2D eigenvalue weighted by molar-refractivity contribution is 0.237. The molecule has 0 amide bonds. The second-order valence-corrected chi connectivity index (χ2v) is 9.81. The summed E-state index contributed by atoms with van der Waals surface area (Å²) >= 11 is 0. The second kappa shape index (κ2) is 10.1. The number of fused-ring (bicyclic) bond motifs is 1. The summed E-state index contributed by atoms with van der Waals surface area (Å²) in [7, 11) is 1.57. The molecular formula is C28H34N4O3. The minimum atomic E-state index is 0.155. The van der Waals surface area contributed by atoms with Gasteiger partial charge in [-0.3, -0.25) is 4.90 Å². The van der Waals surface area contributed by atoms with Crippen molar-refractivity contribution in [1.29, 1.82) is 0 Å². The Morgan fingerprint density at radius 3 is 2.66 bits per heavy atom. The number of hydrogen-bond acceptors (Lipinski definition) is 7. The summed E-state index contributed by atoms with van der Waals surface area (Å²) in [5.41, 5.74) is 4.37. The molecule has 0 radical (unpaired) electrons. The summed E-state index contributed by atoms with van der Waals surface area (Å²) in [5.74, 6) is 3.63. The van der Waals surface area contributed by atoms with E-state index in [-0.39, 0.29) is 5.75 Å². The number of phenolic OH excluding ortho intramolecular Hbond substituents is 1. The van der Waals surface area contributed by atoms with Crippen LogP contribution in [0, 0.1) is 12.8 Å². The zero-order valence-corrected chi connectivity index (χ0v) is 20.8. The van der Waals surface area contributed by atoms with E-state index in [9.17, 15) is 5.11 Å². The monoisotopic (exact) mass is 474 g/mol. The van der Waals surface area contributed by atoms with Gasteiger partial charge in [-0.15, -0.1) is 0 Å². The van der Waals surface area contributed by atoms with Gasteiger partial charge in [0.05, 0.1) is 18.4 Å². The highest BCUT2D eigenvalue weighted by Crippen LogP contribution is 2.34. The molecule has 0 spiro atoms. The van der Waals surface area contributed by atoms with Crippen LogP contribution < -0.4 is 14.4 Å². The van der Waals surface area contributed by atoms with E-state index < -0.39 is 0 Å². The van der Waals surface area contributed by atoms with Crippen molar-refractivity contribution in [3.8, 4) is 23.1 Å². The van der Waals surface area contributed by atoms with Crippen molar-refractivity contribution in [2.24, 2.45) is 5.92 Å². The number of rotatable bonds is 6. The van der Waals surface area contributed by atoms with Crippen LogP contribution >= 0.6 is 0 Å². The lowest BCUT2D eigenvalue weighted by atomic mass is 9.99. The van der Waals surface area contributed by atoms with Gasteiger partial charge in [-0.2, -0.15) is 4.98 Å². The average molecular weight is 475 g/mol. The number of hydrogen-bond donors (Lipinski definition) is 1. The van der Waals surface area contributed by atoms with Crippen LogP contribution in [0.1, 0.15) is 42.1 Å². The van der Waals surface area contributed by atoms with E-state index in [1.807, 2.05) is 30.3 Å². The van der Waals surface area contributed by atoms with Crippen molar-refractivity contribution in [2.75, 3.05) is 31.6 Å². The molecule has 184 valence electrons. The molecule has 2 aromatic carbocycles. The molecule has 1 N–H and O–H groups in total. The highest BCUT2D eigenvalue weighted by Gasteiger charge is 2.27. The maximum absolute atomic E-state index is 9.94. The van der Waals surface area contributed by atoms with Gasteiger partial charge in [-0.1, -0.05) is 25.1 Å². The van der Waals surface area contributed by atoms with Crippen LogP contribution in [0.3, 0.4) is 0 Å². The number of ether oxygens (including phenoxy) is 2. The second-order valence-electron chi connectivity index (χ2n) is 9.81. The van der Waals surface area contributed by atoms with Gasteiger partial charge in [0.15, 0.2) is 11.5 Å². The van der Waals surface area contributed by atoms with E-state index >= 15 is 0 Å². The maximum Gasteiger partial charge on any atom is 0.228 e. The van der Waals surface area contributed by atoms with Crippen molar-refractivity contribution in [3.63, 3.8) is 0 Å². The van der Waals surface area contributed by atoms with E-state index in [2.05, 4.69) is 29.7 Å². The van der Waals surface area contributed by atoms with Gasteiger partial charge in [-0.25, -0.2) is 4.98 Å². The maximum atomic E-state index is 9.94. The third-order valence-corrected chi connectivity index (χ3v) is 7.01. The van der Waals surface area contributed by atoms with Gasteiger partial charge in [-0.05, 0) is 61.1 Å². The van der Waals surface area contributed by atoms with Crippen LogP contribution in [-0.4, -0.2) is 46.7 Å². The van der Waals surface area contributed by atoms with Gasteiger partial charge in [0.25, 0.3) is 0 Å². The van der Waals surface area contributed by atoms with Crippen molar-refractivity contribution in [1.82, 2.24) is 14.9 Å². The van der Waals surface area contributed by atoms with Crippen LogP contribution in [0.2, 0.25) is 0 Å². The number of aromatic hydroxyl groups is 1. The molecule has 0 atom stereocenters.